The van der Waals surface area contributed by atoms with Crippen molar-refractivity contribution >= 4 is 33.2 Å². The second kappa shape index (κ2) is 8.19. The normalized spacial score (nSPS) is 21.7. The molecule has 0 radical (unpaired) electrons. The standard InChI is InChI=1S/C21H27N3O3S/c1-15(25)23-8-5-9-24(11-10-23)21(26)20-19(17-14-22(2)12-13-27-17)16-6-3-4-7-18(16)28-20/h3-4,6-7,17H,5,8-14H2,1-2H3. The second-order valence-corrected chi connectivity index (χ2v) is 8.67. The van der Waals surface area contributed by atoms with E-state index in [-0.39, 0.29) is 17.9 Å². The van der Waals surface area contributed by atoms with Gasteiger partial charge in [0.1, 0.15) is 0 Å². The monoisotopic (exact) mass is 401 g/mol. The van der Waals surface area contributed by atoms with Crippen molar-refractivity contribution in [3.8, 4) is 0 Å². The fraction of sp³-hybridized carbons (Fsp3) is 0.524. The van der Waals surface area contributed by atoms with Gasteiger partial charge in [-0.2, -0.15) is 0 Å². The number of thiophene rings is 1. The second-order valence-electron chi connectivity index (χ2n) is 7.61. The zero-order valence-electron chi connectivity index (χ0n) is 16.5. The summed E-state index contributed by atoms with van der Waals surface area (Å²) in [4.78, 5) is 32.0. The number of amides is 2. The van der Waals surface area contributed by atoms with Crippen molar-refractivity contribution in [1.29, 1.82) is 0 Å². The van der Waals surface area contributed by atoms with E-state index >= 15 is 0 Å². The minimum Gasteiger partial charge on any atom is -0.371 e. The van der Waals surface area contributed by atoms with Crippen molar-refractivity contribution < 1.29 is 14.3 Å². The molecular weight excluding hydrogens is 374 g/mol. The summed E-state index contributed by atoms with van der Waals surface area (Å²) < 4.78 is 7.22. The molecule has 1 aromatic heterocycles. The molecule has 1 aromatic carbocycles. The van der Waals surface area contributed by atoms with Crippen LogP contribution in [-0.2, 0) is 9.53 Å². The average molecular weight is 402 g/mol. The summed E-state index contributed by atoms with van der Waals surface area (Å²) in [5.74, 6) is 0.147. The molecule has 28 heavy (non-hydrogen) atoms. The number of nitrogens with zero attached hydrogens (tertiary/aromatic N) is 3. The molecule has 0 N–H and O–H groups in total. The Labute approximate surface area is 169 Å². The van der Waals surface area contributed by atoms with Crippen LogP contribution >= 0.6 is 11.3 Å². The molecule has 0 saturated carbocycles. The van der Waals surface area contributed by atoms with Crippen LogP contribution in [0.1, 0.15) is 34.7 Å². The lowest BCUT2D eigenvalue weighted by Gasteiger charge is -2.31. The van der Waals surface area contributed by atoms with Crippen molar-refractivity contribution in [2.24, 2.45) is 0 Å². The zero-order chi connectivity index (χ0) is 19.7. The summed E-state index contributed by atoms with van der Waals surface area (Å²) in [6, 6.07) is 8.21. The molecule has 3 heterocycles. The SMILES string of the molecule is CC(=O)N1CCCN(C(=O)c2sc3ccccc3c2C2CN(C)CCO2)CC1. The number of carbonyl (C=O) groups is 2. The summed E-state index contributed by atoms with van der Waals surface area (Å²) in [6.45, 7) is 6.56. The fourth-order valence-electron chi connectivity index (χ4n) is 4.08. The lowest BCUT2D eigenvalue weighted by atomic mass is 10.0. The lowest BCUT2D eigenvalue weighted by Crippen LogP contribution is -2.38. The van der Waals surface area contributed by atoms with Crippen LogP contribution in [0.25, 0.3) is 10.1 Å². The highest BCUT2D eigenvalue weighted by Gasteiger charge is 2.31. The predicted octanol–water partition coefficient (Wildman–Crippen LogP) is 2.60. The minimum atomic E-state index is -0.0884. The first-order valence-corrected chi connectivity index (χ1v) is 10.7. The van der Waals surface area contributed by atoms with Crippen molar-refractivity contribution in [2.45, 2.75) is 19.4 Å². The van der Waals surface area contributed by atoms with Gasteiger partial charge in [-0.05, 0) is 24.9 Å². The first-order valence-electron chi connectivity index (χ1n) is 9.91. The van der Waals surface area contributed by atoms with Gasteiger partial charge in [-0.25, -0.2) is 0 Å². The van der Waals surface area contributed by atoms with E-state index in [1.54, 1.807) is 18.3 Å². The summed E-state index contributed by atoms with van der Waals surface area (Å²) in [5.41, 5.74) is 1.03. The molecule has 0 aliphatic carbocycles. The van der Waals surface area contributed by atoms with Gasteiger partial charge in [0.05, 0.1) is 17.6 Å². The summed E-state index contributed by atoms with van der Waals surface area (Å²) in [5, 5.41) is 1.12. The molecule has 6 nitrogen and oxygen atoms in total. The highest BCUT2D eigenvalue weighted by atomic mass is 32.1. The van der Waals surface area contributed by atoms with Gasteiger partial charge < -0.3 is 19.4 Å². The Hall–Kier alpha value is -1.96. The molecule has 2 saturated heterocycles. The van der Waals surface area contributed by atoms with Gasteiger partial charge >= 0.3 is 0 Å². The molecule has 150 valence electrons. The third kappa shape index (κ3) is 3.79. The Morgan fingerprint density at radius 1 is 1.07 bits per heavy atom. The third-order valence-corrected chi connectivity index (χ3v) is 6.82. The Balaban J connectivity index is 1.67. The largest absolute Gasteiger partial charge is 0.371 e. The molecule has 7 heteroatoms. The maximum absolute atomic E-state index is 13.5. The van der Waals surface area contributed by atoms with Crippen LogP contribution in [0.3, 0.4) is 0 Å². The van der Waals surface area contributed by atoms with Gasteiger partial charge in [0.25, 0.3) is 5.91 Å². The van der Waals surface area contributed by atoms with E-state index in [0.29, 0.717) is 26.2 Å². The van der Waals surface area contributed by atoms with Gasteiger partial charge in [-0.1, -0.05) is 18.2 Å². The van der Waals surface area contributed by atoms with E-state index in [9.17, 15) is 9.59 Å². The van der Waals surface area contributed by atoms with Crippen molar-refractivity contribution in [1.82, 2.24) is 14.7 Å². The number of carbonyl (C=O) groups excluding carboxylic acids is 2. The maximum atomic E-state index is 13.5. The lowest BCUT2D eigenvalue weighted by molar-refractivity contribution is -0.128. The first-order chi connectivity index (χ1) is 13.5. The number of benzene rings is 1. The van der Waals surface area contributed by atoms with Gasteiger partial charge in [0.15, 0.2) is 0 Å². The summed E-state index contributed by atoms with van der Waals surface area (Å²) in [6.07, 6.45) is 0.725. The molecule has 2 aliphatic heterocycles. The molecule has 0 spiro atoms. The number of likely N-dealkylation sites (N-methyl/N-ethyl adjacent to an activating group) is 1. The van der Waals surface area contributed by atoms with Crippen molar-refractivity contribution in [3.05, 3.63) is 34.7 Å². The zero-order valence-corrected chi connectivity index (χ0v) is 17.3. The van der Waals surface area contributed by atoms with Crippen molar-refractivity contribution in [2.75, 3.05) is 52.9 Å². The number of fused-ring (bicyclic) bond motifs is 1. The molecule has 2 aromatic rings. The molecule has 2 aliphatic rings. The minimum absolute atomic E-state index is 0.0680. The quantitative estimate of drug-likeness (QED) is 0.776. The Bertz CT molecular complexity index is 881. The molecular formula is C21H27N3O3S. The highest BCUT2D eigenvalue weighted by molar-refractivity contribution is 7.21. The van der Waals surface area contributed by atoms with Crippen LogP contribution in [0.5, 0.6) is 0 Å². The Kier molecular flexibility index (Phi) is 5.66. The molecule has 4 rings (SSSR count). The first kappa shape index (κ1) is 19.4. The predicted molar refractivity (Wildman–Crippen MR) is 111 cm³/mol. The van der Waals surface area contributed by atoms with E-state index < -0.39 is 0 Å². The van der Waals surface area contributed by atoms with Gasteiger partial charge in [0, 0.05) is 56.5 Å². The topological polar surface area (TPSA) is 53.1 Å². The van der Waals surface area contributed by atoms with E-state index in [1.807, 2.05) is 21.9 Å². The number of hydrogen-bond acceptors (Lipinski definition) is 5. The molecule has 0 bridgehead atoms. The van der Waals surface area contributed by atoms with Gasteiger partial charge in [-0.3, -0.25) is 9.59 Å². The van der Waals surface area contributed by atoms with E-state index in [0.717, 1.165) is 46.6 Å². The van der Waals surface area contributed by atoms with E-state index in [1.165, 1.54) is 0 Å². The summed E-state index contributed by atoms with van der Waals surface area (Å²) >= 11 is 1.56. The van der Waals surface area contributed by atoms with E-state index in [2.05, 4.69) is 24.1 Å². The highest BCUT2D eigenvalue weighted by Crippen LogP contribution is 2.38. The van der Waals surface area contributed by atoms with Gasteiger partial charge in [-0.15, -0.1) is 11.3 Å². The van der Waals surface area contributed by atoms with Gasteiger partial charge in [0.2, 0.25) is 5.91 Å². The van der Waals surface area contributed by atoms with Crippen LogP contribution in [0.15, 0.2) is 24.3 Å². The number of rotatable bonds is 2. The number of hydrogen-bond donors (Lipinski definition) is 0. The third-order valence-electron chi connectivity index (χ3n) is 5.65. The molecule has 2 fully saturated rings. The number of morpholine rings is 1. The van der Waals surface area contributed by atoms with E-state index in [4.69, 9.17) is 4.74 Å². The van der Waals surface area contributed by atoms with Crippen molar-refractivity contribution in [3.63, 3.8) is 0 Å². The molecule has 1 atom stereocenters. The van der Waals surface area contributed by atoms with Crippen LogP contribution < -0.4 is 0 Å². The molecule has 2 amide bonds. The summed E-state index contributed by atoms with van der Waals surface area (Å²) in [7, 11) is 2.09. The molecule has 1 unspecified atom stereocenters. The van der Waals surface area contributed by atoms with Crippen LogP contribution in [0, 0.1) is 0 Å². The van der Waals surface area contributed by atoms with Crippen LogP contribution in [0.4, 0.5) is 0 Å². The van der Waals surface area contributed by atoms with Crippen LogP contribution in [0.2, 0.25) is 0 Å². The van der Waals surface area contributed by atoms with Crippen LogP contribution in [-0.4, -0.2) is 79.4 Å². The fourth-order valence-corrected chi connectivity index (χ4v) is 5.30. The maximum Gasteiger partial charge on any atom is 0.264 e. The Morgan fingerprint density at radius 3 is 2.61 bits per heavy atom. The number of ether oxygens (including phenoxy) is 1. The Morgan fingerprint density at radius 2 is 1.82 bits per heavy atom. The average Bonchev–Trinajstić information content (AvgIpc) is 2.89. The smallest absolute Gasteiger partial charge is 0.264 e.